The molecular formula is C115H136Cl3N9O22. The number of alkyl halides is 3. The highest BCUT2D eigenvalue weighted by atomic mass is 35.5. The maximum Gasteiger partial charge on any atom is 0.303 e. The van der Waals surface area contributed by atoms with Gasteiger partial charge in [0.2, 0.25) is 23.6 Å². The maximum atomic E-state index is 14.3. The summed E-state index contributed by atoms with van der Waals surface area (Å²) >= 11 is 18.7. The largest absolute Gasteiger partial charge is 0.507 e. The molecule has 0 aromatic heterocycles. The SMILES string of the molecule is C=CCCC(=O)N1c2cc(OCCCC(=O)N3CC(CCl)c4c3cc(O)c3ccccc43)c(OC)cc2C(=O)N2CCCC[C@H]2C1OC1CCCCO1.C=CCCC(=O)N1c2cc(OCCCC(=O)O)c(OC)cc2C(=O)N2CCCC[C@H]2C1OC1CCCCO1.CC.COc1cc2c(cc1OCCCC(=O)N1CC(CCl)c3c1cc(O)c1ccccc31)N=C[C@@H]1CCCCN1C2=O.Oc1cc2c(c3ccccc13)C(CCl)CN2. The van der Waals surface area contributed by atoms with Gasteiger partial charge in [0.1, 0.15) is 17.2 Å². The highest BCUT2D eigenvalue weighted by molar-refractivity contribution is 6.20. The molecule has 0 spiro atoms. The van der Waals surface area contributed by atoms with E-state index >= 15 is 0 Å². The number of fused-ring (bicyclic) bond motifs is 15. The number of rotatable bonds is 31. The van der Waals surface area contributed by atoms with Crippen LogP contribution in [-0.2, 0) is 42.9 Å². The Morgan fingerprint density at radius 1 is 0.443 bits per heavy atom. The molecule has 9 aromatic rings. The van der Waals surface area contributed by atoms with E-state index in [2.05, 4.69) is 23.5 Å². The van der Waals surface area contributed by atoms with E-state index in [0.29, 0.717) is 194 Å². The monoisotopic (exact) mass is 2100 g/mol. The lowest BCUT2D eigenvalue weighted by atomic mass is 9.95. The van der Waals surface area contributed by atoms with Gasteiger partial charge in [-0.1, -0.05) is 98.8 Å². The lowest BCUT2D eigenvalue weighted by Gasteiger charge is -2.43. The summed E-state index contributed by atoms with van der Waals surface area (Å²) in [6.45, 7) is 17.0. The number of benzene rings is 9. The van der Waals surface area contributed by atoms with Gasteiger partial charge >= 0.3 is 5.97 Å². The van der Waals surface area contributed by atoms with Crippen molar-refractivity contribution in [2.75, 3.05) is 136 Å². The number of amides is 7. The highest BCUT2D eigenvalue weighted by Gasteiger charge is 2.50. The van der Waals surface area contributed by atoms with Gasteiger partial charge in [0.15, 0.2) is 59.5 Å². The molecule has 11 aliphatic heterocycles. The van der Waals surface area contributed by atoms with E-state index in [1.54, 1.807) is 93.5 Å². The number of halogens is 3. The number of aromatic hydroxyl groups is 3. The Labute approximate surface area is 884 Å². The van der Waals surface area contributed by atoms with Crippen LogP contribution in [-0.4, -0.2) is 243 Å². The Morgan fingerprint density at radius 2 is 0.839 bits per heavy atom. The van der Waals surface area contributed by atoms with Gasteiger partial charge in [-0.05, 0) is 179 Å². The minimum Gasteiger partial charge on any atom is -0.507 e. The van der Waals surface area contributed by atoms with Crippen LogP contribution < -0.4 is 53.3 Å². The highest BCUT2D eigenvalue weighted by Crippen LogP contribution is 2.52. The minimum absolute atomic E-state index is 0.00497. The quantitative estimate of drug-likeness (QED) is 0.0153. The first-order valence-electron chi connectivity index (χ1n) is 52.5. The third kappa shape index (κ3) is 24.1. The number of phenols is 3. The van der Waals surface area contributed by atoms with Crippen molar-refractivity contribution in [2.45, 2.75) is 235 Å². The van der Waals surface area contributed by atoms with E-state index in [-0.39, 0.29) is 135 Å². The van der Waals surface area contributed by atoms with Gasteiger partial charge in [-0.2, -0.15) is 0 Å². The second-order valence-electron chi connectivity index (χ2n) is 38.7. The van der Waals surface area contributed by atoms with Crippen molar-refractivity contribution in [3.05, 3.63) is 186 Å². The lowest BCUT2D eigenvalue weighted by Crippen LogP contribution is -2.57. The van der Waals surface area contributed by atoms with Crippen LogP contribution >= 0.6 is 34.8 Å². The van der Waals surface area contributed by atoms with Crippen molar-refractivity contribution in [3.8, 4) is 51.7 Å². The van der Waals surface area contributed by atoms with E-state index in [9.17, 15) is 53.7 Å². The Bertz CT molecular complexity index is 6390. The molecule has 9 aromatic carbocycles. The number of aliphatic imine (C=N–C) groups is 1. The van der Waals surface area contributed by atoms with Gasteiger partial charge in [0.05, 0.1) is 104 Å². The third-order valence-electron chi connectivity index (χ3n) is 29.4. The normalized spacial score (nSPS) is 21.2. The molecule has 0 radical (unpaired) electrons. The molecule has 11 heterocycles. The van der Waals surface area contributed by atoms with E-state index in [1.807, 2.05) is 108 Å². The molecule has 149 heavy (non-hydrogen) atoms. The number of nitrogens with zero attached hydrogens (tertiary/aromatic N) is 8. The van der Waals surface area contributed by atoms with Crippen LogP contribution in [0.2, 0.25) is 0 Å². The van der Waals surface area contributed by atoms with Crippen LogP contribution in [0, 0.1) is 0 Å². The Morgan fingerprint density at radius 3 is 1.26 bits per heavy atom. The Kier molecular flexibility index (Phi) is 37.5. The molecule has 5 fully saturated rings. The summed E-state index contributed by atoms with van der Waals surface area (Å²) in [7, 11) is 4.54. The molecule has 0 aliphatic carbocycles. The Balaban J connectivity index is 0.000000148. The van der Waals surface area contributed by atoms with Crippen LogP contribution in [0.1, 0.15) is 240 Å². The number of phenolic OH excluding ortho intramolecular Hbond substituents is 3. The average Bonchev–Trinajstić information content (AvgIpc) is 1.61. The number of piperidine rings is 3. The molecule has 5 saturated heterocycles. The van der Waals surface area contributed by atoms with Crippen molar-refractivity contribution in [2.24, 2.45) is 4.99 Å². The number of carboxylic acid groups (broad SMARTS) is 1. The predicted molar refractivity (Wildman–Crippen MR) is 578 cm³/mol. The van der Waals surface area contributed by atoms with Crippen LogP contribution in [0.4, 0.5) is 34.1 Å². The van der Waals surface area contributed by atoms with Gasteiger partial charge in [0.25, 0.3) is 17.7 Å². The summed E-state index contributed by atoms with van der Waals surface area (Å²) in [5, 5.41) is 48.9. The summed E-state index contributed by atoms with van der Waals surface area (Å²) in [6, 6.07) is 37.7. The van der Waals surface area contributed by atoms with E-state index in [1.165, 1.54) is 19.8 Å². The number of carbonyl (C=O) groups excluding carboxylic acids is 7. The smallest absolute Gasteiger partial charge is 0.303 e. The lowest BCUT2D eigenvalue weighted by molar-refractivity contribution is -0.200. The van der Waals surface area contributed by atoms with Gasteiger partial charge in [-0.25, -0.2) is 0 Å². The summed E-state index contributed by atoms with van der Waals surface area (Å²) in [5.41, 5.74) is 8.21. The van der Waals surface area contributed by atoms with Crippen molar-refractivity contribution in [1.82, 2.24) is 14.7 Å². The molecular weight excluding hydrogens is 1970 g/mol. The van der Waals surface area contributed by atoms with Crippen molar-refractivity contribution < 1.29 is 106 Å². The number of nitrogens with one attached hydrogen (secondary N) is 1. The predicted octanol–water partition coefficient (Wildman–Crippen LogP) is 21.5. The topological polar surface area (TPSA) is 357 Å². The number of ether oxygens (including phenoxy) is 10. The third-order valence-corrected chi connectivity index (χ3v) is 30.5. The molecule has 7 unspecified atom stereocenters. The molecule has 31 nitrogen and oxygen atoms in total. The van der Waals surface area contributed by atoms with Gasteiger partial charge in [0, 0.05) is 184 Å². The van der Waals surface area contributed by atoms with Gasteiger partial charge in [-0.3, -0.25) is 53.1 Å². The minimum atomic E-state index is -0.909. The van der Waals surface area contributed by atoms with E-state index in [0.717, 1.165) is 145 Å². The fraction of sp³-hybridized carbons (Fsp3) is 0.470. The zero-order chi connectivity index (χ0) is 105. The number of carbonyl (C=O) groups is 8. The van der Waals surface area contributed by atoms with E-state index in [4.69, 9.17) is 87.3 Å². The Hall–Kier alpha value is -12.6. The molecule has 7 amide bonds. The summed E-state index contributed by atoms with van der Waals surface area (Å²) in [5.74, 6) is 2.72. The molecule has 5 N–H and O–H groups in total. The van der Waals surface area contributed by atoms with Crippen molar-refractivity contribution in [1.29, 1.82) is 0 Å². The van der Waals surface area contributed by atoms with Crippen LogP contribution in [0.25, 0.3) is 32.3 Å². The number of allylic oxidation sites excluding steroid dienone is 2. The number of hydrogen-bond acceptors (Lipinski definition) is 23. The van der Waals surface area contributed by atoms with Gasteiger partial charge < -0.3 is 97.6 Å². The van der Waals surface area contributed by atoms with E-state index < -0.39 is 31.0 Å². The number of carboxylic acids is 1. The standard InChI is InChI=1S/C41H48ClN3O8.C31H32ClN3O5.C28H38N2O8.C13H12ClNO.C2H6/c1-3-4-15-37(48)45-31-23-35(34(50-2)21-29(31)40(49)43-18-9-7-14-30(43)41(45)53-38-17-8-10-19-52-38)51-20-11-16-36(47)44-25-26(24-42)39-28-13-6-5-12-27(28)33(46)22-32(39)44;1-39-27-13-23-24(33-17-20-7-4-5-11-34(20)31(23)38)14-28(27)40-12-6-10-29(37)35-18-19(16-32)30-22-9-3-2-8-21(22)26(36)15-25(30)35;1-3-4-11-24(31)30-21-18-23(36-16-9-12-25(32)33)22(35-2)17-19(21)27(34)29-14-7-5-10-20(29)28(30)38-26-13-6-8-15-37-26;14-6-8-7-15-11-5-12(16)9-3-1-2-4-10(9)13(8)11;1-2/h3,5-6,12-13,21-23,26,30,38,41,46H,1,4,7-11,14-20,24-25H2,2H3;2-3,8-9,13-15,17,19-20,36H,4-7,10-12,16,18H2,1H3;3,17-18,20,26,28H,1,4-16H2,2H3,(H,32,33);1-5,8,15-16H,6-7H2;1-2H3/t26?,30-,38?,41?;19?,20-;20-,26?,28?;;/m000../s1. The first kappa shape index (κ1) is 109. The average molecular weight is 2100 g/mol. The van der Waals surface area contributed by atoms with Crippen molar-refractivity contribution >= 4 is 155 Å². The van der Waals surface area contributed by atoms with Crippen LogP contribution in [0.5, 0.6) is 51.7 Å². The molecule has 20 rings (SSSR count). The molecule has 34 heteroatoms. The fourth-order valence-electron chi connectivity index (χ4n) is 22.1. The second kappa shape index (κ2) is 51.3. The summed E-state index contributed by atoms with van der Waals surface area (Å²) in [4.78, 5) is 124. The zero-order valence-corrected chi connectivity index (χ0v) is 87.7. The molecule has 11 aliphatic rings. The van der Waals surface area contributed by atoms with Crippen molar-refractivity contribution in [3.63, 3.8) is 0 Å². The van der Waals surface area contributed by atoms with Gasteiger partial charge in [-0.15, -0.1) is 48.0 Å². The van der Waals surface area contributed by atoms with Crippen LogP contribution in [0.15, 0.2) is 158 Å². The number of methoxy groups -OCH3 is 3. The maximum absolute atomic E-state index is 14.3. The number of aliphatic carboxylic acids is 1. The number of anilines is 5. The molecule has 0 bridgehead atoms. The first-order chi connectivity index (χ1) is 72.6. The molecule has 794 valence electrons. The molecule has 10 atom stereocenters. The summed E-state index contributed by atoms with van der Waals surface area (Å²) < 4.78 is 60.2. The van der Waals surface area contributed by atoms with Crippen LogP contribution in [0.3, 0.4) is 0 Å². The number of hydrogen-bond donors (Lipinski definition) is 5. The fourth-order valence-corrected chi connectivity index (χ4v) is 22.9. The second-order valence-corrected chi connectivity index (χ2v) is 39.6. The molecule has 0 saturated carbocycles. The summed E-state index contributed by atoms with van der Waals surface area (Å²) in [6.07, 6.45) is 19.0. The zero-order valence-electron chi connectivity index (χ0n) is 85.5. The first-order valence-corrected chi connectivity index (χ1v) is 54.1.